The summed E-state index contributed by atoms with van der Waals surface area (Å²) < 4.78 is 7.74. The minimum Gasteiger partial charge on any atom is -1.00 e. The molecule has 5 heteroatoms. The molecule has 0 fully saturated rings. The lowest BCUT2D eigenvalue weighted by atomic mass is 10.2. The number of nitrogens with one attached hydrogen (secondary N) is 1. The molecule has 134 valence electrons. The molecule has 0 saturated carbocycles. The number of pyridine rings is 1. The Bertz CT molecular complexity index is 819. The Morgan fingerprint density at radius 2 is 1.54 bits per heavy atom. The average Bonchev–Trinajstić information content (AvgIpc) is 2.64. The molecule has 3 aromatic rings. The fraction of sp³-hybridized carbons (Fsp3) is 0.143. The van der Waals surface area contributed by atoms with Gasteiger partial charge in [0.25, 0.3) is 0 Å². The molecule has 1 amide bonds. The van der Waals surface area contributed by atoms with Crippen LogP contribution in [0.15, 0.2) is 79.1 Å². The molecule has 3 rings (SSSR count). The number of ether oxygens (including phenoxy) is 1. The van der Waals surface area contributed by atoms with E-state index >= 15 is 0 Å². The molecule has 0 unspecified atom stereocenters. The van der Waals surface area contributed by atoms with Crippen LogP contribution in [0.2, 0.25) is 0 Å². The van der Waals surface area contributed by atoms with Crippen molar-refractivity contribution in [1.82, 2.24) is 0 Å². The van der Waals surface area contributed by atoms with E-state index in [-0.39, 0.29) is 22.9 Å². The highest BCUT2D eigenvalue weighted by atomic mass is 79.9. The van der Waals surface area contributed by atoms with Crippen molar-refractivity contribution in [2.45, 2.75) is 19.9 Å². The number of carbonyl (C=O) groups is 1. The van der Waals surface area contributed by atoms with E-state index in [0.717, 1.165) is 17.2 Å². The zero-order valence-corrected chi connectivity index (χ0v) is 16.1. The lowest BCUT2D eigenvalue weighted by Gasteiger charge is -2.07. The van der Waals surface area contributed by atoms with Gasteiger partial charge in [0.1, 0.15) is 11.5 Å². The summed E-state index contributed by atoms with van der Waals surface area (Å²) in [6.45, 7) is 2.70. The molecule has 4 nitrogen and oxygen atoms in total. The Labute approximate surface area is 164 Å². The van der Waals surface area contributed by atoms with Crippen molar-refractivity contribution in [2.24, 2.45) is 0 Å². The molecule has 0 saturated heterocycles. The van der Waals surface area contributed by atoms with Gasteiger partial charge < -0.3 is 27.0 Å². The Balaban J connectivity index is 0.00000243. The third-order valence-corrected chi connectivity index (χ3v) is 3.77. The fourth-order valence-corrected chi connectivity index (χ4v) is 2.37. The number of hydrogen-bond donors (Lipinski definition) is 1. The molecule has 0 radical (unpaired) electrons. The van der Waals surface area contributed by atoms with Gasteiger partial charge in [-0.2, -0.15) is 0 Å². The van der Waals surface area contributed by atoms with Gasteiger partial charge in [-0.05, 0) is 48.9 Å². The summed E-state index contributed by atoms with van der Waals surface area (Å²) in [5.41, 5.74) is 1.97. The average molecular weight is 413 g/mol. The number of amides is 1. The van der Waals surface area contributed by atoms with E-state index < -0.39 is 0 Å². The van der Waals surface area contributed by atoms with Gasteiger partial charge in [-0.15, -0.1) is 0 Å². The van der Waals surface area contributed by atoms with Crippen molar-refractivity contribution >= 4 is 11.6 Å². The zero-order chi connectivity index (χ0) is 17.5. The first-order chi connectivity index (χ1) is 12.2. The van der Waals surface area contributed by atoms with Crippen molar-refractivity contribution in [3.8, 4) is 11.5 Å². The van der Waals surface area contributed by atoms with Gasteiger partial charge >= 0.3 is 0 Å². The van der Waals surface area contributed by atoms with Crippen molar-refractivity contribution in [1.29, 1.82) is 0 Å². The molecule has 0 aliphatic carbocycles. The first-order valence-electron chi connectivity index (χ1n) is 8.27. The third kappa shape index (κ3) is 6.01. The Hall–Kier alpha value is -2.66. The van der Waals surface area contributed by atoms with Crippen LogP contribution in [0.4, 0.5) is 5.69 Å². The minimum atomic E-state index is -0.00944. The third-order valence-electron chi connectivity index (χ3n) is 3.77. The van der Waals surface area contributed by atoms with Crippen molar-refractivity contribution in [3.05, 3.63) is 84.7 Å². The first-order valence-corrected chi connectivity index (χ1v) is 8.27. The second-order valence-electron chi connectivity index (χ2n) is 5.85. The summed E-state index contributed by atoms with van der Waals surface area (Å²) in [6, 6.07) is 21.0. The summed E-state index contributed by atoms with van der Waals surface area (Å²) in [7, 11) is 0. The van der Waals surface area contributed by atoms with Crippen molar-refractivity contribution in [3.63, 3.8) is 0 Å². The van der Waals surface area contributed by atoms with Gasteiger partial charge in [-0.1, -0.05) is 18.2 Å². The normalized spacial score (nSPS) is 9.88. The smallest absolute Gasteiger partial charge is 0.230 e. The lowest BCUT2D eigenvalue weighted by Crippen LogP contribution is -3.00. The Morgan fingerprint density at radius 1 is 0.923 bits per heavy atom. The highest BCUT2D eigenvalue weighted by Crippen LogP contribution is 2.22. The van der Waals surface area contributed by atoms with Crippen LogP contribution in [0.5, 0.6) is 11.5 Å². The van der Waals surface area contributed by atoms with Gasteiger partial charge in [0.05, 0.1) is 6.42 Å². The molecule has 1 heterocycles. The van der Waals surface area contributed by atoms with Gasteiger partial charge in [0.15, 0.2) is 18.9 Å². The van der Waals surface area contributed by atoms with Crippen LogP contribution in [0.25, 0.3) is 0 Å². The van der Waals surface area contributed by atoms with Crippen LogP contribution in [0, 0.1) is 6.92 Å². The summed E-state index contributed by atoms with van der Waals surface area (Å²) >= 11 is 0. The van der Waals surface area contributed by atoms with Crippen LogP contribution in [-0.4, -0.2) is 5.91 Å². The van der Waals surface area contributed by atoms with E-state index in [4.69, 9.17) is 4.74 Å². The number of rotatable bonds is 6. The molecular formula is C21H21BrN2O2. The van der Waals surface area contributed by atoms with E-state index in [9.17, 15) is 4.79 Å². The predicted molar refractivity (Wildman–Crippen MR) is 97.6 cm³/mol. The number of anilines is 1. The second-order valence-corrected chi connectivity index (χ2v) is 5.85. The molecule has 26 heavy (non-hydrogen) atoms. The van der Waals surface area contributed by atoms with Gasteiger partial charge in [0, 0.05) is 17.8 Å². The number of aromatic nitrogens is 1. The number of aryl methyl sites for hydroxylation is 2. The van der Waals surface area contributed by atoms with E-state index in [1.54, 1.807) is 0 Å². The summed E-state index contributed by atoms with van der Waals surface area (Å²) in [4.78, 5) is 12.1. The molecule has 0 bridgehead atoms. The lowest BCUT2D eigenvalue weighted by molar-refractivity contribution is -0.695. The number of hydrogen-bond acceptors (Lipinski definition) is 2. The first kappa shape index (κ1) is 19.7. The van der Waals surface area contributed by atoms with Crippen molar-refractivity contribution in [2.75, 3.05) is 5.32 Å². The monoisotopic (exact) mass is 412 g/mol. The number of benzene rings is 2. The fourth-order valence-electron chi connectivity index (χ4n) is 2.37. The molecular weight excluding hydrogens is 392 g/mol. The zero-order valence-electron chi connectivity index (χ0n) is 14.6. The SMILES string of the molecule is Cc1cc[n+](CCC(=O)Nc2ccc(Oc3ccccc3)cc2)cc1.[Br-]. The highest BCUT2D eigenvalue weighted by Gasteiger charge is 2.07. The number of para-hydroxylation sites is 1. The molecule has 1 N–H and O–H groups in total. The minimum absolute atomic E-state index is 0. The van der Waals surface area contributed by atoms with Gasteiger partial charge in [0.2, 0.25) is 5.91 Å². The Kier molecular flexibility index (Phi) is 7.36. The maximum absolute atomic E-state index is 12.1. The number of halogens is 1. The van der Waals surface area contributed by atoms with E-state index in [0.29, 0.717) is 13.0 Å². The van der Waals surface area contributed by atoms with Crippen LogP contribution in [0.3, 0.4) is 0 Å². The standard InChI is InChI=1S/C21H20N2O2.BrH/c1-17-11-14-23(15-12-17)16-13-21(24)22-18-7-9-20(10-8-18)25-19-5-3-2-4-6-19;/h2-12,14-15H,13,16H2,1H3;1H. The largest absolute Gasteiger partial charge is 1.00 e. The van der Waals surface area contributed by atoms with Crippen LogP contribution in [-0.2, 0) is 11.3 Å². The molecule has 0 spiro atoms. The topological polar surface area (TPSA) is 42.2 Å². The van der Waals surface area contributed by atoms with E-state index in [1.807, 2.05) is 90.6 Å². The van der Waals surface area contributed by atoms with Crippen molar-refractivity contribution < 1.29 is 31.1 Å². The molecule has 0 atom stereocenters. The van der Waals surface area contributed by atoms with Gasteiger partial charge in [-0.3, -0.25) is 4.79 Å². The van der Waals surface area contributed by atoms with Gasteiger partial charge in [-0.25, -0.2) is 4.57 Å². The number of nitrogens with zero attached hydrogens (tertiary/aromatic N) is 1. The highest BCUT2D eigenvalue weighted by molar-refractivity contribution is 5.90. The molecule has 0 aliphatic rings. The van der Waals surface area contributed by atoms with E-state index in [2.05, 4.69) is 5.32 Å². The second kappa shape index (κ2) is 9.73. The maximum Gasteiger partial charge on any atom is 0.230 e. The molecule has 2 aromatic carbocycles. The quantitative estimate of drug-likeness (QED) is 0.616. The summed E-state index contributed by atoms with van der Waals surface area (Å²) in [5.74, 6) is 1.51. The van der Waals surface area contributed by atoms with Crippen LogP contribution >= 0.6 is 0 Å². The predicted octanol–water partition coefficient (Wildman–Crippen LogP) is 1.11. The Morgan fingerprint density at radius 3 is 2.19 bits per heavy atom. The van der Waals surface area contributed by atoms with Crippen LogP contribution < -0.4 is 31.6 Å². The van der Waals surface area contributed by atoms with Crippen LogP contribution in [0.1, 0.15) is 12.0 Å². The maximum atomic E-state index is 12.1. The molecule has 0 aliphatic heterocycles. The van der Waals surface area contributed by atoms with E-state index in [1.165, 1.54) is 5.56 Å². The molecule has 1 aromatic heterocycles. The summed E-state index contributed by atoms with van der Waals surface area (Å²) in [6.07, 6.45) is 4.40. The number of carbonyl (C=O) groups excluding carboxylic acids is 1. The summed E-state index contributed by atoms with van der Waals surface area (Å²) in [5, 5.41) is 2.91.